The van der Waals surface area contributed by atoms with Gasteiger partial charge in [0.25, 0.3) is 0 Å². The minimum Gasteiger partial charge on any atom is -0.469 e. The summed E-state index contributed by atoms with van der Waals surface area (Å²) < 4.78 is 4.79. The van der Waals surface area contributed by atoms with Crippen molar-refractivity contribution in [2.75, 3.05) is 20.2 Å². The summed E-state index contributed by atoms with van der Waals surface area (Å²) in [4.78, 5) is 25.7. The van der Waals surface area contributed by atoms with E-state index in [0.717, 1.165) is 19.4 Å². The third kappa shape index (κ3) is 3.95. The minimum atomic E-state index is -0.171. The molecule has 1 atom stereocenters. The van der Waals surface area contributed by atoms with Crippen molar-refractivity contribution in [2.45, 2.75) is 51.4 Å². The summed E-state index contributed by atoms with van der Waals surface area (Å²) in [6.07, 6.45) is 8.67. The number of carbonyl (C=O) groups is 2. The zero-order valence-electron chi connectivity index (χ0n) is 11.9. The van der Waals surface area contributed by atoms with Gasteiger partial charge >= 0.3 is 5.97 Å². The molecule has 0 N–H and O–H groups in total. The predicted molar refractivity (Wildman–Crippen MR) is 72.5 cm³/mol. The summed E-state index contributed by atoms with van der Waals surface area (Å²) in [5.74, 6) is 0.518. The first-order valence-electron chi connectivity index (χ1n) is 7.56. The lowest BCUT2D eigenvalue weighted by molar-refractivity contribution is -0.149. The first-order chi connectivity index (χ1) is 9.20. The fourth-order valence-electron chi connectivity index (χ4n) is 3.33. The molecule has 108 valence electrons. The highest BCUT2D eigenvalue weighted by atomic mass is 16.5. The molecule has 0 aromatic carbocycles. The Kier molecular flexibility index (Phi) is 5.23. The zero-order chi connectivity index (χ0) is 13.7. The molecule has 0 spiro atoms. The molecule has 4 nitrogen and oxygen atoms in total. The predicted octanol–water partition coefficient (Wildman–Crippen LogP) is 2.37. The number of methoxy groups -OCH3 is 1. The lowest BCUT2D eigenvalue weighted by atomic mass is 9.86. The molecule has 0 bridgehead atoms. The monoisotopic (exact) mass is 267 g/mol. The number of rotatable bonds is 3. The van der Waals surface area contributed by atoms with Crippen molar-refractivity contribution in [2.24, 2.45) is 11.8 Å². The van der Waals surface area contributed by atoms with Crippen LogP contribution in [0, 0.1) is 11.8 Å². The first kappa shape index (κ1) is 14.4. The number of carbonyl (C=O) groups excluding carboxylic acids is 2. The Labute approximate surface area is 115 Å². The SMILES string of the molecule is COC(=O)C1CCCN(C(=O)CC2CCCCC2)C1. The quantitative estimate of drug-likeness (QED) is 0.737. The van der Waals surface area contributed by atoms with Crippen LogP contribution in [0.4, 0.5) is 0 Å². The Balaban J connectivity index is 1.82. The van der Waals surface area contributed by atoms with Crippen molar-refractivity contribution in [3.8, 4) is 0 Å². The van der Waals surface area contributed by atoms with Gasteiger partial charge in [-0.2, -0.15) is 0 Å². The Hall–Kier alpha value is -1.06. The van der Waals surface area contributed by atoms with E-state index >= 15 is 0 Å². The average Bonchev–Trinajstić information content (AvgIpc) is 2.47. The topological polar surface area (TPSA) is 46.6 Å². The van der Waals surface area contributed by atoms with E-state index in [4.69, 9.17) is 4.74 Å². The van der Waals surface area contributed by atoms with Crippen molar-refractivity contribution in [1.29, 1.82) is 0 Å². The number of esters is 1. The van der Waals surface area contributed by atoms with Crippen molar-refractivity contribution in [1.82, 2.24) is 4.90 Å². The number of hydrogen-bond acceptors (Lipinski definition) is 3. The first-order valence-corrected chi connectivity index (χ1v) is 7.56. The minimum absolute atomic E-state index is 0.117. The number of hydrogen-bond donors (Lipinski definition) is 0. The number of nitrogens with zero attached hydrogens (tertiary/aromatic N) is 1. The van der Waals surface area contributed by atoms with E-state index in [1.807, 2.05) is 4.90 Å². The van der Waals surface area contributed by atoms with Gasteiger partial charge in [-0.05, 0) is 31.6 Å². The van der Waals surface area contributed by atoms with Crippen molar-refractivity contribution >= 4 is 11.9 Å². The maximum Gasteiger partial charge on any atom is 0.310 e. The summed E-state index contributed by atoms with van der Waals surface area (Å²) in [6, 6.07) is 0. The van der Waals surface area contributed by atoms with Crippen LogP contribution in [0.3, 0.4) is 0 Å². The molecule has 1 aliphatic heterocycles. The van der Waals surface area contributed by atoms with Crippen molar-refractivity contribution < 1.29 is 14.3 Å². The Morgan fingerprint density at radius 1 is 1.11 bits per heavy atom. The molecule has 1 aliphatic carbocycles. The van der Waals surface area contributed by atoms with E-state index in [-0.39, 0.29) is 17.8 Å². The molecule has 1 unspecified atom stereocenters. The van der Waals surface area contributed by atoms with E-state index in [9.17, 15) is 9.59 Å². The third-order valence-electron chi connectivity index (χ3n) is 4.50. The van der Waals surface area contributed by atoms with Gasteiger partial charge in [0, 0.05) is 19.5 Å². The standard InChI is InChI=1S/C15H25NO3/c1-19-15(18)13-8-5-9-16(11-13)14(17)10-12-6-3-2-4-7-12/h12-13H,2-11H2,1H3. The van der Waals surface area contributed by atoms with Gasteiger partial charge in [-0.1, -0.05) is 19.3 Å². The average molecular weight is 267 g/mol. The van der Waals surface area contributed by atoms with E-state index < -0.39 is 0 Å². The number of ether oxygens (including phenoxy) is 1. The molecule has 0 radical (unpaired) electrons. The van der Waals surface area contributed by atoms with Gasteiger partial charge < -0.3 is 9.64 Å². The molecule has 4 heteroatoms. The number of likely N-dealkylation sites (tertiary alicyclic amines) is 1. The lowest BCUT2D eigenvalue weighted by Gasteiger charge is -2.33. The van der Waals surface area contributed by atoms with Gasteiger partial charge in [-0.15, -0.1) is 0 Å². The third-order valence-corrected chi connectivity index (χ3v) is 4.50. The second kappa shape index (κ2) is 6.92. The largest absolute Gasteiger partial charge is 0.469 e. The van der Waals surface area contributed by atoms with Gasteiger partial charge in [-0.25, -0.2) is 0 Å². The Morgan fingerprint density at radius 2 is 1.84 bits per heavy atom. The van der Waals surface area contributed by atoms with Crippen LogP contribution in [0.25, 0.3) is 0 Å². The number of piperidine rings is 1. The molecule has 2 rings (SSSR count). The van der Waals surface area contributed by atoms with Crippen LogP contribution in [0.1, 0.15) is 51.4 Å². The number of amides is 1. The highest BCUT2D eigenvalue weighted by Gasteiger charge is 2.30. The molecular weight excluding hydrogens is 242 g/mol. The highest BCUT2D eigenvalue weighted by molar-refractivity contribution is 5.78. The van der Waals surface area contributed by atoms with Gasteiger partial charge in [0.15, 0.2) is 0 Å². The fraction of sp³-hybridized carbons (Fsp3) is 0.867. The van der Waals surface area contributed by atoms with E-state index in [1.165, 1.54) is 39.2 Å². The molecule has 0 aromatic rings. The molecule has 1 saturated carbocycles. The van der Waals surface area contributed by atoms with E-state index in [0.29, 0.717) is 18.9 Å². The molecule has 2 fully saturated rings. The van der Waals surface area contributed by atoms with Crippen LogP contribution in [0.15, 0.2) is 0 Å². The zero-order valence-corrected chi connectivity index (χ0v) is 11.9. The molecule has 1 saturated heterocycles. The van der Waals surface area contributed by atoms with Crippen molar-refractivity contribution in [3.05, 3.63) is 0 Å². The second-order valence-corrected chi connectivity index (χ2v) is 5.91. The summed E-state index contributed by atoms with van der Waals surface area (Å²) in [5.41, 5.74) is 0. The summed E-state index contributed by atoms with van der Waals surface area (Å²) in [7, 11) is 1.42. The van der Waals surface area contributed by atoms with Crippen LogP contribution in [0.5, 0.6) is 0 Å². The van der Waals surface area contributed by atoms with Crippen LogP contribution in [-0.2, 0) is 14.3 Å². The Bertz CT molecular complexity index is 323. The van der Waals surface area contributed by atoms with E-state index in [2.05, 4.69) is 0 Å². The Morgan fingerprint density at radius 3 is 2.53 bits per heavy atom. The van der Waals surface area contributed by atoms with Crippen molar-refractivity contribution in [3.63, 3.8) is 0 Å². The van der Waals surface area contributed by atoms with Crippen LogP contribution in [-0.4, -0.2) is 37.0 Å². The molecule has 2 aliphatic rings. The van der Waals surface area contributed by atoms with Gasteiger partial charge in [0.2, 0.25) is 5.91 Å². The molecule has 1 amide bonds. The van der Waals surface area contributed by atoms with Gasteiger partial charge in [0.1, 0.15) is 0 Å². The van der Waals surface area contributed by atoms with Gasteiger partial charge in [0.05, 0.1) is 13.0 Å². The van der Waals surface area contributed by atoms with Crippen LogP contribution < -0.4 is 0 Å². The molecular formula is C15H25NO3. The lowest BCUT2D eigenvalue weighted by Crippen LogP contribution is -2.43. The molecule has 1 heterocycles. The summed E-state index contributed by atoms with van der Waals surface area (Å²) in [6.45, 7) is 1.36. The maximum atomic E-state index is 12.3. The normalized spacial score (nSPS) is 25.1. The summed E-state index contributed by atoms with van der Waals surface area (Å²) >= 11 is 0. The fourth-order valence-corrected chi connectivity index (χ4v) is 3.33. The second-order valence-electron chi connectivity index (χ2n) is 5.91. The maximum absolute atomic E-state index is 12.3. The smallest absolute Gasteiger partial charge is 0.310 e. The molecule has 19 heavy (non-hydrogen) atoms. The van der Waals surface area contributed by atoms with Crippen LogP contribution >= 0.6 is 0 Å². The van der Waals surface area contributed by atoms with E-state index in [1.54, 1.807) is 0 Å². The molecule has 0 aromatic heterocycles. The summed E-state index contributed by atoms with van der Waals surface area (Å²) in [5, 5.41) is 0. The highest BCUT2D eigenvalue weighted by Crippen LogP contribution is 2.28. The van der Waals surface area contributed by atoms with Gasteiger partial charge in [-0.3, -0.25) is 9.59 Å². The van der Waals surface area contributed by atoms with Crippen LogP contribution in [0.2, 0.25) is 0 Å².